The van der Waals surface area contributed by atoms with Crippen LogP contribution >= 0.6 is 23.3 Å². The zero-order chi connectivity index (χ0) is 12.9. The number of hydrogen-bond acceptors (Lipinski definition) is 4. The number of aromatic nitrogens is 2. The van der Waals surface area contributed by atoms with Crippen LogP contribution in [-0.2, 0) is 0 Å². The van der Waals surface area contributed by atoms with Crippen LogP contribution in [0.2, 0.25) is 0 Å². The molecular weight excluding hydrogens is 260 g/mol. The molecule has 0 N–H and O–H groups in total. The molecule has 4 heteroatoms. The maximum absolute atomic E-state index is 4.03. The zero-order valence-electron chi connectivity index (χ0n) is 11.6. The van der Waals surface area contributed by atoms with Crippen molar-refractivity contribution in [1.29, 1.82) is 0 Å². The van der Waals surface area contributed by atoms with Gasteiger partial charge < -0.3 is 0 Å². The van der Waals surface area contributed by atoms with E-state index in [-0.39, 0.29) is 0 Å². The second kappa shape index (κ2) is 12.0. The van der Waals surface area contributed by atoms with Gasteiger partial charge in [-0.1, -0.05) is 69.2 Å². The summed E-state index contributed by atoms with van der Waals surface area (Å²) in [7, 11) is 0. The Balaban J connectivity index is 1.73. The van der Waals surface area contributed by atoms with Gasteiger partial charge in [-0.15, -0.1) is 16.9 Å². The van der Waals surface area contributed by atoms with E-state index >= 15 is 0 Å². The molecule has 0 atom stereocenters. The molecule has 0 aliphatic rings. The van der Waals surface area contributed by atoms with Crippen LogP contribution in [0.25, 0.3) is 0 Å². The Morgan fingerprint density at radius 1 is 0.944 bits per heavy atom. The molecule has 104 valence electrons. The highest BCUT2D eigenvalue weighted by molar-refractivity contribution is 7.99. The van der Waals surface area contributed by atoms with Crippen LogP contribution in [0, 0.1) is 0 Å². The largest absolute Gasteiger partial charge is 0.132 e. The Morgan fingerprint density at radius 2 is 1.56 bits per heavy atom. The van der Waals surface area contributed by atoms with Crippen molar-refractivity contribution in [3.8, 4) is 0 Å². The van der Waals surface area contributed by atoms with Crippen molar-refractivity contribution in [2.45, 2.75) is 76.2 Å². The predicted molar refractivity (Wildman–Crippen MR) is 82.5 cm³/mol. The molecule has 1 aromatic heterocycles. The highest BCUT2D eigenvalue weighted by atomic mass is 32.2. The van der Waals surface area contributed by atoms with E-state index in [1.807, 2.05) is 17.1 Å². The average Bonchev–Trinajstić information content (AvgIpc) is 2.89. The molecule has 0 saturated heterocycles. The third-order valence-electron chi connectivity index (χ3n) is 3.09. The SMILES string of the molecule is CCCCCCCCCCCCSc1csnn1. The normalized spacial score (nSPS) is 10.9. The summed E-state index contributed by atoms with van der Waals surface area (Å²) in [6.45, 7) is 2.28. The fourth-order valence-corrected chi connectivity index (χ4v) is 3.41. The molecule has 0 aliphatic carbocycles. The quantitative estimate of drug-likeness (QED) is 0.372. The van der Waals surface area contributed by atoms with Gasteiger partial charge >= 0.3 is 0 Å². The first kappa shape index (κ1) is 16.0. The Morgan fingerprint density at radius 3 is 2.11 bits per heavy atom. The van der Waals surface area contributed by atoms with Crippen molar-refractivity contribution in [2.24, 2.45) is 0 Å². The van der Waals surface area contributed by atoms with Gasteiger partial charge in [-0.3, -0.25) is 0 Å². The van der Waals surface area contributed by atoms with E-state index in [0.717, 1.165) is 5.03 Å². The van der Waals surface area contributed by atoms with E-state index < -0.39 is 0 Å². The van der Waals surface area contributed by atoms with Crippen molar-refractivity contribution >= 4 is 23.3 Å². The van der Waals surface area contributed by atoms with E-state index in [1.165, 1.54) is 81.5 Å². The second-order valence-electron chi connectivity index (χ2n) is 4.77. The summed E-state index contributed by atoms with van der Waals surface area (Å²) in [5, 5.41) is 7.15. The minimum Gasteiger partial charge on any atom is -0.132 e. The van der Waals surface area contributed by atoms with Gasteiger partial charge in [-0.25, -0.2) is 0 Å². The van der Waals surface area contributed by atoms with Gasteiger partial charge in [0.2, 0.25) is 0 Å². The Hall–Kier alpha value is -0.0900. The van der Waals surface area contributed by atoms with Gasteiger partial charge in [-0.2, -0.15) is 0 Å². The lowest BCUT2D eigenvalue weighted by Crippen LogP contribution is -1.84. The first-order valence-corrected chi connectivity index (χ1v) is 9.15. The lowest BCUT2D eigenvalue weighted by Gasteiger charge is -2.01. The monoisotopic (exact) mass is 286 g/mol. The summed E-state index contributed by atoms with van der Waals surface area (Å²) in [5.41, 5.74) is 0. The van der Waals surface area contributed by atoms with Gasteiger partial charge in [0.15, 0.2) is 0 Å². The first-order valence-electron chi connectivity index (χ1n) is 7.33. The molecule has 0 unspecified atom stereocenters. The van der Waals surface area contributed by atoms with Gasteiger partial charge in [-0.05, 0) is 23.7 Å². The second-order valence-corrected chi connectivity index (χ2v) is 6.50. The topological polar surface area (TPSA) is 25.8 Å². The summed E-state index contributed by atoms with van der Waals surface area (Å²) in [6, 6.07) is 0. The standard InChI is InChI=1S/C14H26N2S2/c1-2-3-4-5-6-7-8-9-10-11-12-17-14-13-18-16-15-14/h13H,2-12H2,1H3. The highest BCUT2D eigenvalue weighted by Gasteiger charge is 1.97. The van der Waals surface area contributed by atoms with Crippen LogP contribution in [0.3, 0.4) is 0 Å². The number of unbranched alkanes of at least 4 members (excludes halogenated alkanes) is 9. The van der Waals surface area contributed by atoms with Crippen LogP contribution in [0.15, 0.2) is 10.4 Å². The van der Waals surface area contributed by atoms with E-state index in [9.17, 15) is 0 Å². The summed E-state index contributed by atoms with van der Waals surface area (Å²) in [6.07, 6.45) is 14.1. The van der Waals surface area contributed by atoms with E-state index in [4.69, 9.17) is 0 Å². The fraction of sp³-hybridized carbons (Fsp3) is 0.857. The zero-order valence-corrected chi connectivity index (χ0v) is 13.2. The molecular formula is C14H26N2S2. The van der Waals surface area contributed by atoms with Crippen molar-refractivity contribution in [3.63, 3.8) is 0 Å². The number of thioether (sulfide) groups is 1. The van der Waals surface area contributed by atoms with Crippen molar-refractivity contribution in [2.75, 3.05) is 5.75 Å². The Labute approximate surface area is 120 Å². The lowest BCUT2D eigenvalue weighted by molar-refractivity contribution is 0.563. The Bertz CT molecular complexity index is 263. The molecule has 0 fully saturated rings. The molecule has 0 bridgehead atoms. The molecule has 0 spiro atoms. The van der Waals surface area contributed by atoms with Crippen LogP contribution in [0.1, 0.15) is 71.1 Å². The third kappa shape index (κ3) is 8.92. The molecule has 18 heavy (non-hydrogen) atoms. The summed E-state index contributed by atoms with van der Waals surface area (Å²) in [4.78, 5) is 0. The van der Waals surface area contributed by atoms with Crippen molar-refractivity contribution in [1.82, 2.24) is 9.59 Å². The van der Waals surface area contributed by atoms with Gasteiger partial charge in [0.05, 0.1) is 0 Å². The number of nitrogens with zero attached hydrogens (tertiary/aromatic N) is 2. The summed E-state index contributed by atoms with van der Waals surface area (Å²) in [5.74, 6) is 1.20. The van der Waals surface area contributed by atoms with E-state index in [2.05, 4.69) is 16.5 Å². The van der Waals surface area contributed by atoms with Crippen molar-refractivity contribution in [3.05, 3.63) is 5.38 Å². The molecule has 2 nitrogen and oxygen atoms in total. The molecule has 0 amide bonds. The van der Waals surface area contributed by atoms with Crippen LogP contribution in [0.5, 0.6) is 0 Å². The minimum absolute atomic E-state index is 1.09. The van der Waals surface area contributed by atoms with Gasteiger partial charge in [0.1, 0.15) is 5.03 Å². The summed E-state index contributed by atoms with van der Waals surface area (Å²) >= 11 is 3.28. The molecule has 0 aliphatic heterocycles. The first-order chi connectivity index (χ1) is 8.93. The van der Waals surface area contributed by atoms with Gasteiger partial charge in [0.25, 0.3) is 0 Å². The maximum Gasteiger partial charge on any atom is 0.131 e. The lowest BCUT2D eigenvalue weighted by atomic mass is 10.1. The predicted octanol–water partition coefficient (Wildman–Crippen LogP) is 5.55. The third-order valence-corrected chi connectivity index (χ3v) is 4.73. The van der Waals surface area contributed by atoms with Crippen molar-refractivity contribution < 1.29 is 0 Å². The van der Waals surface area contributed by atoms with Gasteiger partial charge in [0, 0.05) is 5.38 Å². The van der Waals surface area contributed by atoms with E-state index in [0.29, 0.717) is 0 Å². The maximum atomic E-state index is 4.03. The number of rotatable bonds is 12. The van der Waals surface area contributed by atoms with E-state index in [1.54, 1.807) is 0 Å². The molecule has 0 radical (unpaired) electrons. The molecule has 1 rings (SSSR count). The van der Waals surface area contributed by atoms with Crippen LogP contribution < -0.4 is 0 Å². The number of hydrogen-bond donors (Lipinski definition) is 0. The molecule has 1 aromatic rings. The van der Waals surface area contributed by atoms with Crippen LogP contribution in [-0.4, -0.2) is 15.3 Å². The molecule has 0 aromatic carbocycles. The highest BCUT2D eigenvalue weighted by Crippen LogP contribution is 2.18. The fourth-order valence-electron chi connectivity index (χ4n) is 1.99. The minimum atomic E-state index is 1.09. The van der Waals surface area contributed by atoms with Crippen LogP contribution in [0.4, 0.5) is 0 Å². The summed E-state index contributed by atoms with van der Waals surface area (Å²) < 4.78 is 3.86. The smallest absolute Gasteiger partial charge is 0.131 e. The Kier molecular flexibility index (Phi) is 10.6. The molecule has 0 saturated carbocycles. The average molecular weight is 287 g/mol. The molecule has 1 heterocycles.